The lowest BCUT2D eigenvalue weighted by Gasteiger charge is -2.28. The van der Waals surface area contributed by atoms with Crippen molar-refractivity contribution >= 4 is 18.3 Å². The Morgan fingerprint density at radius 2 is 2.17 bits per heavy atom. The first-order valence-electron chi connectivity index (χ1n) is 7.00. The molecule has 0 bridgehead atoms. The van der Waals surface area contributed by atoms with Crippen molar-refractivity contribution in [2.75, 3.05) is 45.8 Å². The van der Waals surface area contributed by atoms with E-state index < -0.39 is 0 Å². The molecule has 2 heterocycles. The van der Waals surface area contributed by atoms with Crippen LogP contribution < -0.4 is 5.32 Å². The lowest BCUT2D eigenvalue weighted by molar-refractivity contribution is -0.131. The van der Waals surface area contributed by atoms with E-state index in [1.165, 1.54) is 19.4 Å². The van der Waals surface area contributed by atoms with Crippen molar-refractivity contribution in [2.45, 2.75) is 26.2 Å². The van der Waals surface area contributed by atoms with E-state index >= 15 is 0 Å². The molecule has 0 spiro atoms. The molecule has 2 saturated heterocycles. The van der Waals surface area contributed by atoms with E-state index in [1.807, 2.05) is 4.90 Å². The lowest BCUT2D eigenvalue weighted by atomic mass is 9.99. The van der Waals surface area contributed by atoms with Gasteiger partial charge in [-0.1, -0.05) is 0 Å². The Balaban J connectivity index is 0.00000162. The van der Waals surface area contributed by atoms with Crippen LogP contribution in [0.1, 0.15) is 26.2 Å². The molecule has 4 nitrogen and oxygen atoms in total. The van der Waals surface area contributed by atoms with Crippen LogP contribution in [0.2, 0.25) is 0 Å². The monoisotopic (exact) mass is 275 g/mol. The minimum atomic E-state index is 0. The lowest BCUT2D eigenvalue weighted by Crippen LogP contribution is -2.41. The highest BCUT2D eigenvalue weighted by Gasteiger charge is 2.23. The molecule has 18 heavy (non-hydrogen) atoms. The van der Waals surface area contributed by atoms with Gasteiger partial charge in [-0.2, -0.15) is 0 Å². The summed E-state index contributed by atoms with van der Waals surface area (Å²) in [5, 5.41) is 3.45. The molecule has 1 unspecified atom stereocenters. The van der Waals surface area contributed by atoms with Gasteiger partial charge >= 0.3 is 0 Å². The summed E-state index contributed by atoms with van der Waals surface area (Å²) in [6.45, 7) is 8.96. The molecule has 106 valence electrons. The second-order valence-corrected chi connectivity index (χ2v) is 5.27. The second-order valence-electron chi connectivity index (χ2n) is 5.27. The van der Waals surface area contributed by atoms with Crippen molar-refractivity contribution in [3.8, 4) is 0 Å². The number of carbonyl (C=O) groups is 1. The normalized spacial score (nSPS) is 26.6. The van der Waals surface area contributed by atoms with Gasteiger partial charge in [0.2, 0.25) is 5.91 Å². The zero-order valence-electron chi connectivity index (χ0n) is 11.4. The Hall–Kier alpha value is -0.320. The van der Waals surface area contributed by atoms with Crippen molar-refractivity contribution in [2.24, 2.45) is 5.92 Å². The number of likely N-dealkylation sites (N-methyl/N-ethyl adjacent to an activating group) is 1. The largest absolute Gasteiger partial charge is 0.342 e. The van der Waals surface area contributed by atoms with Gasteiger partial charge in [-0.25, -0.2) is 0 Å². The van der Waals surface area contributed by atoms with Gasteiger partial charge in [0, 0.05) is 26.2 Å². The Morgan fingerprint density at radius 1 is 1.33 bits per heavy atom. The Morgan fingerprint density at radius 3 is 2.83 bits per heavy atom. The van der Waals surface area contributed by atoms with E-state index in [2.05, 4.69) is 17.1 Å². The number of carbonyl (C=O) groups excluding carboxylic acids is 1. The molecule has 1 amide bonds. The summed E-state index contributed by atoms with van der Waals surface area (Å²) < 4.78 is 0. The predicted octanol–water partition coefficient (Wildman–Crippen LogP) is 0.962. The molecule has 0 radical (unpaired) electrons. The maximum Gasteiger partial charge on any atom is 0.236 e. The average Bonchev–Trinajstić information content (AvgIpc) is 2.52. The predicted molar refractivity (Wildman–Crippen MR) is 76.2 cm³/mol. The maximum atomic E-state index is 12.0. The van der Waals surface area contributed by atoms with Crippen molar-refractivity contribution in [3.63, 3.8) is 0 Å². The van der Waals surface area contributed by atoms with Crippen LogP contribution in [0.25, 0.3) is 0 Å². The van der Waals surface area contributed by atoms with E-state index in [1.54, 1.807) is 0 Å². The van der Waals surface area contributed by atoms with Crippen LogP contribution >= 0.6 is 12.4 Å². The third-order valence-corrected chi connectivity index (χ3v) is 3.91. The van der Waals surface area contributed by atoms with Crippen molar-refractivity contribution in [1.82, 2.24) is 15.1 Å². The first-order valence-corrected chi connectivity index (χ1v) is 7.00. The third-order valence-electron chi connectivity index (χ3n) is 3.91. The number of hydrogen-bond acceptors (Lipinski definition) is 3. The number of rotatable bonds is 3. The molecule has 0 aromatic carbocycles. The minimum Gasteiger partial charge on any atom is -0.342 e. The highest BCUT2D eigenvalue weighted by molar-refractivity contribution is 5.85. The molecule has 1 N–H and O–H groups in total. The molecule has 0 aromatic rings. The molecule has 5 heteroatoms. The van der Waals surface area contributed by atoms with E-state index in [0.29, 0.717) is 12.5 Å². The fraction of sp³-hybridized carbons (Fsp3) is 0.923. The smallest absolute Gasteiger partial charge is 0.236 e. The zero-order valence-corrected chi connectivity index (χ0v) is 12.2. The van der Waals surface area contributed by atoms with Gasteiger partial charge in [-0.05, 0) is 45.2 Å². The van der Waals surface area contributed by atoms with Crippen LogP contribution in [0, 0.1) is 5.92 Å². The molecule has 2 fully saturated rings. The van der Waals surface area contributed by atoms with Gasteiger partial charge in [0.25, 0.3) is 0 Å². The standard InChI is InChI=1S/C13H25N3O.ClH/c1-2-16-8-4-7-15(11-13(16)17)10-12-5-3-6-14-9-12;/h12,14H,2-11H2,1H3;1H. The third kappa shape index (κ3) is 4.41. The summed E-state index contributed by atoms with van der Waals surface area (Å²) in [4.78, 5) is 16.3. The summed E-state index contributed by atoms with van der Waals surface area (Å²) in [5.74, 6) is 1.05. The summed E-state index contributed by atoms with van der Waals surface area (Å²) in [5.41, 5.74) is 0. The maximum absolute atomic E-state index is 12.0. The second kappa shape index (κ2) is 7.97. The Labute approximate surface area is 116 Å². The van der Waals surface area contributed by atoms with Crippen LogP contribution in [-0.4, -0.2) is 61.5 Å². The molecular formula is C13H26ClN3O. The number of nitrogens with one attached hydrogen (secondary N) is 1. The van der Waals surface area contributed by atoms with E-state index in [4.69, 9.17) is 0 Å². The van der Waals surface area contributed by atoms with Crippen LogP contribution in [0.15, 0.2) is 0 Å². The number of piperidine rings is 1. The van der Waals surface area contributed by atoms with Gasteiger partial charge < -0.3 is 10.2 Å². The summed E-state index contributed by atoms with van der Waals surface area (Å²) in [6, 6.07) is 0. The van der Waals surface area contributed by atoms with Crippen LogP contribution in [0.3, 0.4) is 0 Å². The number of nitrogens with zero attached hydrogens (tertiary/aromatic N) is 2. The quantitative estimate of drug-likeness (QED) is 0.834. The topological polar surface area (TPSA) is 35.6 Å². The first-order chi connectivity index (χ1) is 8.29. The summed E-state index contributed by atoms with van der Waals surface area (Å²) >= 11 is 0. The van der Waals surface area contributed by atoms with Gasteiger partial charge in [0.05, 0.1) is 6.54 Å². The molecule has 0 saturated carbocycles. The molecule has 2 rings (SSSR count). The number of amides is 1. The van der Waals surface area contributed by atoms with Crippen molar-refractivity contribution in [3.05, 3.63) is 0 Å². The van der Waals surface area contributed by atoms with Crippen LogP contribution in [0.5, 0.6) is 0 Å². The molecular weight excluding hydrogens is 250 g/mol. The van der Waals surface area contributed by atoms with E-state index in [-0.39, 0.29) is 12.4 Å². The Bertz CT molecular complexity index is 257. The average molecular weight is 276 g/mol. The molecule has 0 aliphatic carbocycles. The number of hydrogen-bond donors (Lipinski definition) is 1. The van der Waals surface area contributed by atoms with Gasteiger partial charge in [0.1, 0.15) is 0 Å². The summed E-state index contributed by atoms with van der Waals surface area (Å²) in [6.07, 6.45) is 3.72. The summed E-state index contributed by atoms with van der Waals surface area (Å²) in [7, 11) is 0. The molecule has 1 atom stereocenters. The van der Waals surface area contributed by atoms with Gasteiger partial charge in [-0.15, -0.1) is 12.4 Å². The first kappa shape index (κ1) is 15.7. The van der Waals surface area contributed by atoms with Crippen molar-refractivity contribution in [1.29, 1.82) is 0 Å². The van der Waals surface area contributed by atoms with E-state index in [0.717, 1.165) is 45.1 Å². The SMILES string of the molecule is CCN1CCCN(CC2CCCNC2)CC1=O.Cl. The van der Waals surface area contributed by atoms with Crippen LogP contribution in [0.4, 0.5) is 0 Å². The molecule has 0 aromatic heterocycles. The van der Waals surface area contributed by atoms with Gasteiger partial charge in [0.15, 0.2) is 0 Å². The Kier molecular flexibility index (Phi) is 6.97. The van der Waals surface area contributed by atoms with Gasteiger partial charge in [-0.3, -0.25) is 9.69 Å². The minimum absolute atomic E-state index is 0. The highest BCUT2D eigenvalue weighted by atomic mass is 35.5. The molecule has 2 aliphatic rings. The molecule has 2 aliphatic heterocycles. The fourth-order valence-corrected chi connectivity index (χ4v) is 2.92. The highest BCUT2D eigenvalue weighted by Crippen LogP contribution is 2.13. The zero-order chi connectivity index (χ0) is 12.1. The van der Waals surface area contributed by atoms with E-state index in [9.17, 15) is 4.79 Å². The van der Waals surface area contributed by atoms with Crippen LogP contribution in [-0.2, 0) is 4.79 Å². The fourth-order valence-electron chi connectivity index (χ4n) is 2.92. The number of halogens is 1. The van der Waals surface area contributed by atoms with Crippen molar-refractivity contribution < 1.29 is 4.79 Å².